The normalized spacial score (nSPS) is 24.5. The lowest BCUT2D eigenvalue weighted by molar-refractivity contribution is -0.137. The van der Waals surface area contributed by atoms with E-state index in [1.54, 1.807) is 6.07 Å². The first kappa shape index (κ1) is 14.7. The molecule has 1 unspecified atom stereocenters. The van der Waals surface area contributed by atoms with Gasteiger partial charge in [-0.05, 0) is 44.0 Å². The summed E-state index contributed by atoms with van der Waals surface area (Å²) >= 11 is 0. The Labute approximate surface area is 123 Å². The summed E-state index contributed by atoms with van der Waals surface area (Å²) in [5, 5.41) is 0. The first-order valence-electron chi connectivity index (χ1n) is 7.70. The van der Waals surface area contributed by atoms with Crippen LogP contribution in [0.15, 0.2) is 24.3 Å². The maximum absolute atomic E-state index is 12.9. The Hall–Kier alpha value is -1.23. The largest absolute Gasteiger partial charge is 0.416 e. The third-order valence-corrected chi connectivity index (χ3v) is 4.59. The quantitative estimate of drug-likeness (QED) is 0.778. The minimum absolute atomic E-state index is 0.496. The maximum atomic E-state index is 12.9. The van der Waals surface area contributed by atoms with E-state index in [1.165, 1.54) is 25.0 Å². The molecular weight excluding hydrogens is 277 g/mol. The van der Waals surface area contributed by atoms with E-state index in [0.29, 0.717) is 11.7 Å². The summed E-state index contributed by atoms with van der Waals surface area (Å²) in [7, 11) is 0. The summed E-state index contributed by atoms with van der Waals surface area (Å²) in [5.41, 5.74) is 0.155. The highest BCUT2D eigenvalue weighted by atomic mass is 19.4. The molecule has 5 heteroatoms. The van der Waals surface area contributed by atoms with Crippen LogP contribution in [0.5, 0.6) is 0 Å². The zero-order chi connectivity index (χ0) is 14.9. The monoisotopic (exact) mass is 298 g/mol. The van der Waals surface area contributed by atoms with Crippen molar-refractivity contribution in [1.29, 1.82) is 0 Å². The molecule has 0 N–H and O–H groups in total. The van der Waals surface area contributed by atoms with Crippen LogP contribution in [0.3, 0.4) is 0 Å². The van der Waals surface area contributed by atoms with E-state index in [0.717, 1.165) is 45.1 Å². The van der Waals surface area contributed by atoms with Crippen LogP contribution in [0.25, 0.3) is 0 Å². The van der Waals surface area contributed by atoms with E-state index in [9.17, 15) is 13.2 Å². The number of alkyl halides is 3. The third-order valence-electron chi connectivity index (χ3n) is 4.59. The lowest BCUT2D eigenvalue weighted by atomic mass is 10.0. The Bertz CT molecular complexity index is 487. The molecule has 2 aliphatic heterocycles. The molecule has 2 fully saturated rings. The molecule has 2 nitrogen and oxygen atoms in total. The number of hydrogen-bond acceptors (Lipinski definition) is 2. The zero-order valence-electron chi connectivity index (χ0n) is 12.1. The van der Waals surface area contributed by atoms with Gasteiger partial charge in [0.15, 0.2) is 0 Å². The molecule has 1 atom stereocenters. The lowest BCUT2D eigenvalue weighted by Crippen LogP contribution is -2.44. The average molecular weight is 298 g/mol. The number of nitrogens with zero attached hydrogens (tertiary/aromatic N) is 2. The molecule has 3 rings (SSSR count). The van der Waals surface area contributed by atoms with Crippen LogP contribution < -0.4 is 4.90 Å². The fourth-order valence-electron chi connectivity index (χ4n) is 3.48. The van der Waals surface area contributed by atoms with Crippen molar-refractivity contribution in [3.8, 4) is 0 Å². The lowest BCUT2D eigenvalue weighted by Gasteiger charge is -2.36. The summed E-state index contributed by atoms with van der Waals surface area (Å²) in [6.07, 6.45) is 0.401. The number of benzene rings is 1. The minimum Gasteiger partial charge on any atom is -0.370 e. The van der Waals surface area contributed by atoms with Gasteiger partial charge < -0.3 is 4.90 Å². The predicted octanol–water partition coefficient (Wildman–Crippen LogP) is 3.77. The maximum Gasteiger partial charge on any atom is 0.416 e. The molecule has 2 saturated heterocycles. The smallest absolute Gasteiger partial charge is 0.370 e. The van der Waals surface area contributed by atoms with Gasteiger partial charge in [0, 0.05) is 31.4 Å². The van der Waals surface area contributed by atoms with Crippen LogP contribution in [-0.4, -0.2) is 37.1 Å². The molecule has 0 amide bonds. The Morgan fingerprint density at radius 3 is 2.62 bits per heavy atom. The second-order valence-corrected chi connectivity index (χ2v) is 6.03. The van der Waals surface area contributed by atoms with Gasteiger partial charge in [0.1, 0.15) is 0 Å². The van der Waals surface area contributed by atoms with Gasteiger partial charge in [-0.25, -0.2) is 0 Å². The van der Waals surface area contributed by atoms with Gasteiger partial charge >= 0.3 is 6.18 Å². The van der Waals surface area contributed by atoms with Crippen molar-refractivity contribution in [2.24, 2.45) is 0 Å². The second kappa shape index (κ2) is 5.87. The number of hydrogen-bond donors (Lipinski definition) is 0. The van der Waals surface area contributed by atoms with Crippen molar-refractivity contribution in [3.63, 3.8) is 0 Å². The van der Waals surface area contributed by atoms with E-state index in [4.69, 9.17) is 0 Å². The summed E-state index contributed by atoms with van der Waals surface area (Å²) in [4.78, 5) is 4.64. The van der Waals surface area contributed by atoms with Crippen molar-refractivity contribution in [3.05, 3.63) is 29.8 Å². The van der Waals surface area contributed by atoms with Gasteiger partial charge in [-0.2, -0.15) is 13.2 Å². The summed E-state index contributed by atoms with van der Waals surface area (Å²) < 4.78 is 38.6. The Morgan fingerprint density at radius 1 is 1.00 bits per heavy atom. The summed E-state index contributed by atoms with van der Waals surface area (Å²) in [6.45, 7) is 3.90. The van der Waals surface area contributed by atoms with Gasteiger partial charge in [0.25, 0.3) is 0 Å². The zero-order valence-corrected chi connectivity index (χ0v) is 12.1. The highest BCUT2D eigenvalue weighted by Crippen LogP contribution is 2.32. The molecule has 0 radical (unpaired) electrons. The van der Waals surface area contributed by atoms with Crippen LogP contribution in [0.2, 0.25) is 0 Å². The van der Waals surface area contributed by atoms with E-state index in [-0.39, 0.29) is 0 Å². The van der Waals surface area contributed by atoms with Crippen LogP contribution >= 0.6 is 0 Å². The Kier molecular flexibility index (Phi) is 4.11. The molecule has 116 valence electrons. The number of fused-ring (bicyclic) bond motifs is 1. The molecule has 1 aromatic rings. The standard InChI is InChI=1S/C16H21F3N2/c17-16(18,19)13-5-3-7-14(11-13)21-10-4-9-20-8-2-1-6-15(20)12-21/h3,5,7,11,15H,1-2,4,6,8-10,12H2. The van der Waals surface area contributed by atoms with Crippen LogP contribution in [0.4, 0.5) is 18.9 Å². The SMILES string of the molecule is FC(F)(F)c1cccc(N2CCCN3CCCCC3C2)c1. The number of halogens is 3. The summed E-state index contributed by atoms with van der Waals surface area (Å²) in [6, 6.07) is 6.25. The molecule has 1 aromatic carbocycles. The van der Waals surface area contributed by atoms with E-state index in [2.05, 4.69) is 9.80 Å². The van der Waals surface area contributed by atoms with Crippen molar-refractivity contribution >= 4 is 5.69 Å². The number of anilines is 1. The van der Waals surface area contributed by atoms with E-state index < -0.39 is 11.7 Å². The molecular formula is C16H21F3N2. The van der Waals surface area contributed by atoms with Gasteiger partial charge in [0.2, 0.25) is 0 Å². The van der Waals surface area contributed by atoms with Gasteiger partial charge in [0.05, 0.1) is 5.56 Å². The second-order valence-electron chi connectivity index (χ2n) is 6.03. The molecule has 0 saturated carbocycles. The number of piperidine rings is 1. The molecule has 2 heterocycles. The van der Waals surface area contributed by atoms with Crippen LogP contribution in [0, 0.1) is 0 Å². The van der Waals surface area contributed by atoms with Crippen LogP contribution in [-0.2, 0) is 6.18 Å². The third kappa shape index (κ3) is 3.34. The molecule has 21 heavy (non-hydrogen) atoms. The van der Waals surface area contributed by atoms with Gasteiger partial charge in [-0.15, -0.1) is 0 Å². The van der Waals surface area contributed by atoms with Crippen molar-refractivity contribution in [1.82, 2.24) is 4.90 Å². The van der Waals surface area contributed by atoms with E-state index in [1.807, 2.05) is 0 Å². The summed E-state index contributed by atoms with van der Waals surface area (Å²) in [5.74, 6) is 0. The average Bonchev–Trinajstić information content (AvgIpc) is 2.68. The van der Waals surface area contributed by atoms with Crippen LogP contribution in [0.1, 0.15) is 31.2 Å². The van der Waals surface area contributed by atoms with Gasteiger partial charge in [-0.3, -0.25) is 4.90 Å². The molecule has 0 spiro atoms. The molecule has 0 bridgehead atoms. The Morgan fingerprint density at radius 2 is 1.81 bits per heavy atom. The minimum atomic E-state index is -4.27. The first-order chi connectivity index (χ1) is 10.0. The predicted molar refractivity (Wildman–Crippen MR) is 77.5 cm³/mol. The molecule has 2 aliphatic rings. The molecule has 0 aliphatic carbocycles. The first-order valence-corrected chi connectivity index (χ1v) is 7.70. The Balaban J connectivity index is 1.79. The number of rotatable bonds is 1. The van der Waals surface area contributed by atoms with Crippen molar-refractivity contribution < 1.29 is 13.2 Å². The fraction of sp³-hybridized carbons (Fsp3) is 0.625. The van der Waals surface area contributed by atoms with E-state index >= 15 is 0 Å². The fourth-order valence-corrected chi connectivity index (χ4v) is 3.48. The molecule has 0 aromatic heterocycles. The highest BCUT2D eigenvalue weighted by molar-refractivity contribution is 5.49. The van der Waals surface area contributed by atoms with Gasteiger partial charge in [-0.1, -0.05) is 12.5 Å². The van der Waals surface area contributed by atoms with Crippen molar-refractivity contribution in [2.75, 3.05) is 31.1 Å². The van der Waals surface area contributed by atoms with Crippen molar-refractivity contribution in [2.45, 2.75) is 37.9 Å². The highest BCUT2D eigenvalue weighted by Gasteiger charge is 2.32. The topological polar surface area (TPSA) is 6.48 Å².